The van der Waals surface area contributed by atoms with E-state index >= 15 is 0 Å². The topological polar surface area (TPSA) is 102 Å². The number of hydrogen-bond acceptors (Lipinski definition) is 5. The van der Waals surface area contributed by atoms with Crippen molar-refractivity contribution in [1.82, 2.24) is 15.1 Å². The molecule has 1 aromatic heterocycles. The van der Waals surface area contributed by atoms with Crippen LogP contribution in [0.3, 0.4) is 0 Å². The number of anilines is 1. The van der Waals surface area contributed by atoms with Crippen molar-refractivity contribution in [2.24, 2.45) is 0 Å². The third-order valence-electron chi connectivity index (χ3n) is 2.89. The molecular formula is C12H22N4O3. The fourth-order valence-electron chi connectivity index (χ4n) is 1.71. The highest BCUT2D eigenvalue weighted by Gasteiger charge is 2.11. The monoisotopic (exact) mass is 270 g/mol. The van der Waals surface area contributed by atoms with Crippen molar-refractivity contribution in [2.75, 3.05) is 26.0 Å². The van der Waals surface area contributed by atoms with Gasteiger partial charge in [-0.05, 0) is 20.3 Å². The van der Waals surface area contributed by atoms with Gasteiger partial charge in [-0.3, -0.25) is 9.48 Å². The molecule has 1 atom stereocenters. The number of rotatable bonds is 7. The van der Waals surface area contributed by atoms with Crippen LogP contribution in [0.5, 0.6) is 0 Å². The van der Waals surface area contributed by atoms with E-state index in [1.54, 1.807) is 11.6 Å². The highest BCUT2D eigenvalue weighted by molar-refractivity contribution is 5.75. The SMILES string of the molecule is COCC(O)CCNC(=O)Cn1nc(C)c(N)c1C. The van der Waals surface area contributed by atoms with Gasteiger partial charge in [-0.1, -0.05) is 0 Å². The number of nitrogens with two attached hydrogens (primary N) is 1. The molecule has 1 rings (SSSR count). The Morgan fingerprint density at radius 2 is 2.26 bits per heavy atom. The molecule has 0 saturated heterocycles. The molecule has 4 N–H and O–H groups in total. The molecule has 0 bridgehead atoms. The van der Waals surface area contributed by atoms with Crippen LogP contribution < -0.4 is 11.1 Å². The Balaban J connectivity index is 2.37. The number of nitrogens with zero attached hydrogens (tertiary/aromatic N) is 2. The van der Waals surface area contributed by atoms with Crippen LogP contribution in [0.25, 0.3) is 0 Å². The number of aryl methyl sites for hydroxylation is 1. The number of aliphatic hydroxyl groups excluding tert-OH is 1. The largest absolute Gasteiger partial charge is 0.396 e. The number of carbonyl (C=O) groups excluding carboxylic acids is 1. The number of aromatic nitrogens is 2. The molecule has 108 valence electrons. The molecule has 7 nitrogen and oxygen atoms in total. The van der Waals surface area contributed by atoms with E-state index in [1.807, 2.05) is 6.92 Å². The summed E-state index contributed by atoms with van der Waals surface area (Å²) in [6.07, 6.45) is -0.103. The first-order valence-corrected chi connectivity index (χ1v) is 6.18. The van der Waals surface area contributed by atoms with Gasteiger partial charge in [-0.15, -0.1) is 0 Å². The van der Waals surface area contributed by atoms with Crippen LogP contribution in [-0.2, 0) is 16.1 Å². The second-order valence-electron chi connectivity index (χ2n) is 4.49. The number of methoxy groups -OCH3 is 1. The smallest absolute Gasteiger partial charge is 0.241 e. The van der Waals surface area contributed by atoms with Gasteiger partial charge < -0.3 is 20.9 Å². The Hall–Kier alpha value is -1.60. The summed E-state index contributed by atoms with van der Waals surface area (Å²) in [6, 6.07) is 0. The van der Waals surface area contributed by atoms with Gasteiger partial charge in [-0.2, -0.15) is 5.10 Å². The molecule has 1 amide bonds. The summed E-state index contributed by atoms with van der Waals surface area (Å²) in [5, 5.41) is 16.3. The predicted molar refractivity (Wildman–Crippen MR) is 71.6 cm³/mol. The zero-order valence-corrected chi connectivity index (χ0v) is 11.6. The van der Waals surface area contributed by atoms with Crippen LogP contribution in [0.2, 0.25) is 0 Å². The normalized spacial score (nSPS) is 12.4. The van der Waals surface area contributed by atoms with E-state index < -0.39 is 6.10 Å². The van der Waals surface area contributed by atoms with Crippen LogP contribution in [0.4, 0.5) is 5.69 Å². The molecule has 0 aromatic carbocycles. The van der Waals surface area contributed by atoms with Crippen LogP contribution in [-0.4, -0.2) is 47.2 Å². The lowest BCUT2D eigenvalue weighted by Crippen LogP contribution is -2.31. The number of nitrogens with one attached hydrogen (secondary N) is 1. The van der Waals surface area contributed by atoms with Crippen molar-refractivity contribution < 1.29 is 14.6 Å². The van der Waals surface area contributed by atoms with Gasteiger partial charge in [0.2, 0.25) is 5.91 Å². The fraction of sp³-hybridized carbons (Fsp3) is 0.667. The number of amides is 1. The van der Waals surface area contributed by atoms with E-state index in [1.165, 1.54) is 7.11 Å². The average molecular weight is 270 g/mol. The molecule has 0 radical (unpaired) electrons. The van der Waals surface area contributed by atoms with Crippen molar-refractivity contribution in [3.63, 3.8) is 0 Å². The Bertz CT molecular complexity index is 431. The van der Waals surface area contributed by atoms with E-state index in [0.717, 1.165) is 11.4 Å². The highest BCUT2D eigenvalue weighted by Crippen LogP contribution is 2.14. The molecule has 19 heavy (non-hydrogen) atoms. The Morgan fingerprint density at radius 3 is 2.79 bits per heavy atom. The van der Waals surface area contributed by atoms with Crippen molar-refractivity contribution in [2.45, 2.75) is 32.9 Å². The van der Waals surface area contributed by atoms with Crippen LogP contribution in [0, 0.1) is 13.8 Å². The lowest BCUT2D eigenvalue weighted by Gasteiger charge is -2.10. The molecular weight excluding hydrogens is 248 g/mol. The van der Waals surface area contributed by atoms with E-state index in [9.17, 15) is 9.90 Å². The van der Waals surface area contributed by atoms with Gasteiger partial charge in [-0.25, -0.2) is 0 Å². The Labute approximate surface area is 112 Å². The third-order valence-corrected chi connectivity index (χ3v) is 2.89. The molecule has 0 aliphatic heterocycles. The summed E-state index contributed by atoms with van der Waals surface area (Å²) in [5.41, 5.74) is 7.91. The van der Waals surface area contributed by atoms with Crippen molar-refractivity contribution in [3.05, 3.63) is 11.4 Å². The Kier molecular flexibility index (Phi) is 5.78. The van der Waals surface area contributed by atoms with E-state index in [0.29, 0.717) is 18.7 Å². The second-order valence-corrected chi connectivity index (χ2v) is 4.49. The minimum atomic E-state index is -0.561. The fourth-order valence-corrected chi connectivity index (χ4v) is 1.71. The second kappa shape index (κ2) is 7.10. The van der Waals surface area contributed by atoms with Gasteiger partial charge in [0.15, 0.2) is 0 Å². The van der Waals surface area contributed by atoms with Gasteiger partial charge in [0, 0.05) is 13.7 Å². The van der Waals surface area contributed by atoms with Gasteiger partial charge in [0.1, 0.15) is 6.54 Å². The van der Waals surface area contributed by atoms with Crippen LogP contribution in [0.15, 0.2) is 0 Å². The number of ether oxygens (including phenoxy) is 1. The van der Waals surface area contributed by atoms with Crippen molar-refractivity contribution in [1.29, 1.82) is 0 Å². The number of carbonyl (C=O) groups is 1. The minimum Gasteiger partial charge on any atom is -0.396 e. The summed E-state index contributed by atoms with van der Waals surface area (Å²) in [4.78, 5) is 11.7. The number of hydrogen-bond donors (Lipinski definition) is 3. The maximum absolute atomic E-state index is 11.7. The maximum Gasteiger partial charge on any atom is 0.241 e. The molecule has 0 spiro atoms. The average Bonchev–Trinajstić information content (AvgIpc) is 2.57. The summed E-state index contributed by atoms with van der Waals surface area (Å²) in [6.45, 7) is 4.43. The molecule has 0 fully saturated rings. The summed E-state index contributed by atoms with van der Waals surface area (Å²) in [7, 11) is 1.52. The van der Waals surface area contributed by atoms with Crippen molar-refractivity contribution >= 4 is 11.6 Å². The minimum absolute atomic E-state index is 0.129. The molecule has 1 unspecified atom stereocenters. The first-order valence-electron chi connectivity index (χ1n) is 6.18. The van der Waals surface area contributed by atoms with Gasteiger partial charge >= 0.3 is 0 Å². The van der Waals surface area contributed by atoms with Crippen molar-refractivity contribution in [3.8, 4) is 0 Å². The lowest BCUT2D eigenvalue weighted by molar-refractivity contribution is -0.122. The number of aliphatic hydroxyl groups is 1. The van der Waals surface area contributed by atoms with E-state index in [-0.39, 0.29) is 19.1 Å². The quantitative estimate of drug-likeness (QED) is 0.625. The lowest BCUT2D eigenvalue weighted by atomic mass is 10.2. The maximum atomic E-state index is 11.7. The van der Waals surface area contributed by atoms with Gasteiger partial charge in [0.25, 0.3) is 0 Å². The van der Waals surface area contributed by atoms with Crippen LogP contribution >= 0.6 is 0 Å². The van der Waals surface area contributed by atoms with Crippen LogP contribution in [0.1, 0.15) is 17.8 Å². The standard InChI is InChI=1S/C12H22N4O3/c1-8-12(13)9(2)16(15-8)6-11(18)14-5-4-10(17)7-19-3/h10,17H,4-7,13H2,1-3H3,(H,14,18). The molecule has 0 aliphatic rings. The van der Waals surface area contributed by atoms with E-state index in [4.69, 9.17) is 10.5 Å². The number of nitrogen functional groups attached to an aromatic ring is 1. The predicted octanol–water partition coefficient (Wildman–Crippen LogP) is -0.404. The summed E-state index contributed by atoms with van der Waals surface area (Å²) in [5.74, 6) is -0.157. The van der Waals surface area contributed by atoms with Gasteiger partial charge in [0.05, 0.1) is 29.8 Å². The Morgan fingerprint density at radius 1 is 1.58 bits per heavy atom. The van der Waals surface area contributed by atoms with E-state index in [2.05, 4.69) is 10.4 Å². The summed E-state index contributed by atoms with van der Waals surface area (Å²) >= 11 is 0. The molecule has 0 saturated carbocycles. The zero-order valence-electron chi connectivity index (χ0n) is 11.6. The molecule has 7 heteroatoms. The zero-order chi connectivity index (χ0) is 14.4. The summed E-state index contributed by atoms with van der Waals surface area (Å²) < 4.78 is 6.37. The molecule has 0 aliphatic carbocycles. The first kappa shape index (κ1) is 15.5. The third kappa shape index (κ3) is 4.53. The molecule has 1 aromatic rings. The molecule has 1 heterocycles. The highest BCUT2D eigenvalue weighted by atomic mass is 16.5. The first-order chi connectivity index (χ1) is 8.95.